The molecule has 5 nitrogen and oxygen atoms in total. The summed E-state index contributed by atoms with van der Waals surface area (Å²) in [4.78, 5) is 26.3. The van der Waals surface area contributed by atoms with Crippen LogP contribution in [0.1, 0.15) is 29.0 Å². The molecule has 0 unspecified atom stereocenters. The average molecular weight is 361 g/mol. The molecule has 1 saturated heterocycles. The van der Waals surface area contributed by atoms with Crippen molar-refractivity contribution in [2.45, 2.75) is 19.3 Å². The Balaban J connectivity index is 1.41. The van der Waals surface area contributed by atoms with E-state index in [-0.39, 0.29) is 17.7 Å². The molecule has 0 atom stereocenters. The molecule has 6 heteroatoms. The molecule has 2 heterocycles. The molecule has 3 rings (SSSR count). The first-order chi connectivity index (χ1) is 12.1. The summed E-state index contributed by atoms with van der Waals surface area (Å²) in [5.41, 5.74) is 1.10. The Morgan fingerprint density at radius 2 is 2.00 bits per heavy atom. The molecule has 1 aromatic heterocycles. The summed E-state index contributed by atoms with van der Waals surface area (Å²) in [5.74, 6) is 0.265. The summed E-state index contributed by atoms with van der Waals surface area (Å²) in [7, 11) is 0. The summed E-state index contributed by atoms with van der Waals surface area (Å²) < 4.78 is 5.15. The lowest BCUT2D eigenvalue weighted by molar-refractivity contribution is -0.126. The van der Waals surface area contributed by atoms with E-state index >= 15 is 0 Å². The molecule has 0 aliphatic carbocycles. The number of rotatable bonds is 5. The highest BCUT2D eigenvalue weighted by Gasteiger charge is 2.28. The number of benzene rings is 1. The summed E-state index contributed by atoms with van der Waals surface area (Å²) in [6, 6.07) is 11.0. The van der Waals surface area contributed by atoms with Crippen LogP contribution in [0, 0.1) is 5.92 Å². The highest BCUT2D eigenvalue weighted by molar-refractivity contribution is 6.30. The van der Waals surface area contributed by atoms with Crippen molar-refractivity contribution in [2.24, 2.45) is 5.92 Å². The van der Waals surface area contributed by atoms with Crippen molar-refractivity contribution in [2.75, 3.05) is 19.6 Å². The minimum Gasteiger partial charge on any atom is -0.459 e. The summed E-state index contributed by atoms with van der Waals surface area (Å²) in [5, 5.41) is 3.69. The molecule has 1 aliphatic heterocycles. The van der Waals surface area contributed by atoms with E-state index in [4.69, 9.17) is 16.0 Å². The molecule has 0 spiro atoms. The standard InChI is InChI=1S/C19H21ClN2O3/c20-16-4-1-3-14(13-16)6-9-21-18(23)15-7-10-22(11-8-15)19(24)17-5-2-12-25-17/h1-5,12-13,15H,6-11H2,(H,21,23). The number of piperidine rings is 1. The van der Waals surface area contributed by atoms with Gasteiger partial charge in [0.25, 0.3) is 5.91 Å². The van der Waals surface area contributed by atoms with Crippen LogP contribution < -0.4 is 5.32 Å². The number of nitrogens with one attached hydrogen (secondary N) is 1. The maximum atomic E-state index is 12.3. The van der Waals surface area contributed by atoms with Crippen LogP contribution in [-0.4, -0.2) is 36.3 Å². The number of likely N-dealkylation sites (tertiary alicyclic amines) is 1. The van der Waals surface area contributed by atoms with E-state index in [1.165, 1.54) is 6.26 Å². The van der Waals surface area contributed by atoms with Crippen LogP contribution in [-0.2, 0) is 11.2 Å². The van der Waals surface area contributed by atoms with Gasteiger partial charge in [-0.1, -0.05) is 23.7 Å². The topological polar surface area (TPSA) is 62.6 Å². The van der Waals surface area contributed by atoms with Gasteiger partial charge in [-0.25, -0.2) is 0 Å². The van der Waals surface area contributed by atoms with Crippen molar-refractivity contribution in [3.8, 4) is 0 Å². The van der Waals surface area contributed by atoms with Gasteiger partial charge in [0.15, 0.2) is 5.76 Å². The third kappa shape index (κ3) is 4.63. The van der Waals surface area contributed by atoms with Crippen molar-refractivity contribution in [3.05, 3.63) is 59.0 Å². The van der Waals surface area contributed by atoms with Gasteiger partial charge in [-0.15, -0.1) is 0 Å². The number of amides is 2. The first-order valence-electron chi connectivity index (χ1n) is 8.48. The van der Waals surface area contributed by atoms with E-state index in [0.29, 0.717) is 43.3 Å². The predicted molar refractivity (Wildman–Crippen MR) is 95.5 cm³/mol. The summed E-state index contributed by atoms with van der Waals surface area (Å²) >= 11 is 5.96. The number of nitrogens with zero attached hydrogens (tertiary/aromatic N) is 1. The smallest absolute Gasteiger partial charge is 0.289 e. The molecule has 25 heavy (non-hydrogen) atoms. The second kappa shape index (κ2) is 8.21. The maximum absolute atomic E-state index is 12.3. The molecule has 0 radical (unpaired) electrons. The molecular weight excluding hydrogens is 340 g/mol. The zero-order valence-electron chi connectivity index (χ0n) is 13.9. The van der Waals surface area contributed by atoms with E-state index in [1.54, 1.807) is 17.0 Å². The third-order valence-corrected chi connectivity index (χ3v) is 4.72. The normalized spacial score (nSPS) is 15.2. The Labute approximate surface area is 151 Å². The second-order valence-electron chi connectivity index (χ2n) is 6.21. The van der Waals surface area contributed by atoms with E-state index in [2.05, 4.69) is 5.32 Å². The van der Waals surface area contributed by atoms with E-state index < -0.39 is 0 Å². The fraction of sp³-hybridized carbons (Fsp3) is 0.368. The largest absolute Gasteiger partial charge is 0.459 e. The van der Waals surface area contributed by atoms with E-state index in [0.717, 1.165) is 12.0 Å². The Kier molecular flexibility index (Phi) is 5.76. The molecule has 1 aromatic carbocycles. The molecular formula is C19H21ClN2O3. The zero-order chi connectivity index (χ0) is 17.6. The van der Waals surface area contributed by atoms with Crippen LogP contribution in [0.15, 0.2) is 47.1 Å². The number of hydrogen-bond acceptors (Lipinski definition) is 3. The lowest BCUT2D eigenvalue weighted by Gasteiger charge is -2.30. The number of halogens is 1. The SMILES string of the molecule is O=C(NCCc1cccc(Cl)c1)C1CCN(C(=O)c2ccco2)CC1. The third-order valence-electron chi connectivity index (χ3n) is 4.49. The number of hydrogen-bond donors (Lipinski definition) is 1. The number of carbonyl (C=O) groups is 2. The van der Waals surface area contributed by atoms with Gasteiger partial charge in [0, 0.05) is 30.6 Å². The Morgan fingerprint density at radius 3 is 2.68 bits per heavy atom. The van der Waals surface area contributed by atoms with Gasteiger partial charge in [-0.3, -0.25) is 9.59 Å². The molecule has 1 fully saturated rings. The van der Waals surface area contributed by atoms with Gasteiger partial charge < -0.3 is 14.6 Å². The van der Waals surface area contributed by atoms with Gasteiger partial charge in [0.1, 0.15) is 0 Å². The monoisotopic (exact) mass is 360 g/mol. The van der Waals surface area contributed by atoms with Crippen LogP contribution in [0.25, 0.3) is 0 Å². The average Bonchev–Trinajstić information content (AvgIpc) is 3.16. The van der Waals surface area contributed by atoms with Crippen LogP contribution in [0.3, 0.4) is 0 Å². The summed E-state index contributed by atoms with van der Waals surface area (Å²) in [6.07, 6.45) is 3.60. The fourth-order valence-corrected chi connectivity index (χ4v) is 3.28. The van der Waals surface area contributed by atoms with Gasteiger partial charge in [-0.05, 0) is 49.1 Å². The fourth-order valence-electron chi connectivity index (χ4n) is 3.07. The molecule has 2 aromatic rings. The summed E-state index contributed by atoms with van der Waals surface area (Å²) in [6.45, 7) is 1.74. The number of carbonyl (C=O) groups excluding carboxylic acids is 2. The van der Waals surface area contributed by atoms with Crippen LogP contribution >= 0.6 is 11.6 Å². The van der Waals surface area contributed by atoms with Gasteiger partial charge in [0.05, 0.1) is 6.26 Å². The van der Waals surface area contributed by atoms with Crippen molar-refractivity contribution >= 4 is 23.4 Å². The van der Waals surface area contributed by atoms with Crippen LogP contribution in [0.5, 0.6) is 0 Å². The highest BCUT2D eigenvalue weighted by Crippen LogP contribution is 2.19. The maximum Gasteiger partial charge on any atom is 0.289 e. The minimum atomic E-state index is -0.107. The first-order valence-corrected chi connectivity index (χ1v) is 8.86. The van der Waals surface area contributed by atoms with Crippen molar-refractivity contribution < 1.29 is 14.0 Å². The van der Waals surface area contributed by atoms with E-state index in [9.17, 15) is 9.59 Å². The Hall–Kier alpha value is -2.27. The Morgan fingerprint density at radius 1 is 1.20 bits per heavy atom. The Bertz CT molecular complexity index is 722. The lowest BCUT2D eigenvalue weighted by Crippen LogP contribution is -2.43. The second-order valence-corrected chi connectivity index (χ2v) is 6.65. The van der Waals surface area contributed by atoms with Crippen molar-refractivity contribution in [1.29, 1.82) is 0 Å². The van der Waals surface area contributed by atoms with Gasteiger partial charge in [-0.2, -0.15) is 0 Å². The highest BCUT2D eigenvalue weighted by atomic mass is 35.5. The first kappa shape index (κ1) is 17.5. The molecule has 0 saturated carbocycles. The number of furan rings is 1. The van der Waals surface area contributed by atoms with E-state index in [1.807, 2.05) is 24.3 Å². The zero-order valence-corrected chi connectivity index (χ0v) is 14.7. The van der Waals surface area contributed by atoms with Crippen molar-refractivity contribution in [3.63, 3.8) is 0 Å². The lowest BCUT2D eigenvalue weighted by atomic mass is 9.95. The van der Waals surface area contributed by atoms with Crippen LogP contribution in [0.2, 0.25) is 5.02 Å². The van der Waals surface area contributed by atoms with Gasteiger partial charge >= 0.3 is 0 Å². The molecule has 1 aliphatic rings. The molecule has 132 valence electrons. The quantitative estimate of drug-likeness (QED) is 0.891. The van der Waals surface area contributed by atoms with Gasteiger partial charge in [0.2, 0.25) is 5.91 Å². The molecule has 1 N–H and O–H groups in total. The predicted octanol–water partition coefficient (Wildman–Crippen LogP) is 3.14. The molecule has 2 amide bonds. The van der Waals surface area contributed by atoms with Crippen molar-refractivity contribution in [1.82, 2.24) is 10.2 Å². The minimum absolute atomic E-state index is 0.0417. The van der Waals surface area contributed by atoms with Crippen LogP contribution in [0.4, 0.5) is 0 Å². The molecule has 0 bridgehead atoms.